The summed E-state index contributed by atoms with van der Waals surface area (Å²) >= 11 is 0. The molecule has 0 unspecified atom stereocenters. The van der Waals surface area contributed by atoms with Crippen molar-refractivity contribution >= 4 is 11.6 Å². The average Bonchev–Trinajstić information content (AvgIpc) is 2.81. The quantitative estimate of drug-likeness (QED) is 0.672. The van der Waals surface area contributed by atoms with E-state index in [1.807, 2.05) is 12.1 Å². The van der Waals surface area contributed by atoms with Crippen LogP contribution in [0.2, 0.25) is 0 Å². The minimum absolute atomic E-state index is 0.107. The van der Waals surface area contributed by atoms with Crippen LogP contribution in [-0.2, 0) is 11.2 Å². The third-order valence-corrected chi connectivity index (χ3v) is 3.83. The van der Waals surface area contributed by atoms with Gasteiger partial charge in [0.1, 0.15) is 0 Å². The molecule has 1 fully saturated rings. The lowest BCUT2D eigenvalue weighted by Crippen LogP contribution is -2.21. The zero-order valence-electron chi connectivity index (χ0n) is 13.4. The van der Waals surface area contributed by atoms with Crippen LogP contribution in [0.4, 0.5) is 0 Å². The van der Waals surface area contributed by atoms with E-state index in [0.29, 0.717) is 11.5 Å². The highest BCUT2D eigenvalue weighted by Gasteiger charge is 2.09. The van der Waals surface area contributed by atoms with E-state index in [1.54, 1.807) is 20.3 Å². The van der Waals surface area contributed by atoms with Crippen LogP contribution in [0.25, 0.3) is 0 Å². The summed E-state index contributed by atoms with van der Waals surface area (Å²) in [4.78, 5) is 12.0. The minimum Gasteiger partial charge on any atom is -0.493 e. The Morgan fingerprint density at radius 3 is 2.41 bits per heavy atom. The van der Waals surface area contributed by atoms with Crippen LogP contribution in [0.3, 0.4) is 0 Å². The van der Waals surface area contributed by atoms with Crippen molar-refractivity contribution in [3.63, 3.8) is 0 Å². The summed E-state index contributed by atoms with van der Waals surface area (Å²) < 4.78 is 10.4. The van der Waals surface area contributed by atoms with Crippen molar-refractivity contribution in [2.75, 3.05) is 14.2 Å². The molecule has 120 valence electrons. The summed E-state index contributed by atoms with van der Waals surface area (Å²) in [6.45, 7) is 0. The molecule has 1 saturated carbocycles. The molecule has 1 aliphatic carbocycles. The molecule has 1 aromatic carbocycles. The Balaban J connectivity index is 1.92. The smallest absolute Gasteiger partial charge is 0.244 e. The van der Waals surface area contributed by atoms with Crippen LogP contribution in [0, 0.1) is 0 Å². The number of nitrogens with zero attached hydrogens (tertiary/aromatic N) is 1. The zero-order valence-corrected chi connectivity index (χ0v) is 13.4. The van der Waals surface area contributed by atoms with Crippen LogP contribution >= 0.6 is 0 Å². The molecule has 0 radical (unpaired) electrons. The van der Waals surface area contributed by atoms with Crippen molar-refractivity contribution in [2.45, 2.75) is 44.9 Å². The molecule has 2 rings (SSSR count). The fourth-order valence-corrected chi connectivity index (χ4v) is 2.61. The molecule has 0 aliphatic heterocycles. The lowest BCUT2D eigenvalue weighted by Gasteiger charge is -2.09. The first-order valence-electron chi connectivity index (χ1n) is 7.78. The number of amides is 1. The van der Waals surface area contributed by atoms with Gasteiger partial charge in [0.25, 0.3) is 0 Å². The summed E-state index contributed by atoms with van der Waals surface area (Å²) in [5.41, 5.74) is 4.65. The topological polar surface area (TPSA) is 59.9 Å². The van der Waals surface area contributed by atoms with Gasteiger partial charge in [0.15, 0.2) is 11.5 Å². The second-order valence-electron chi connectivity index (χ2n) is 5.49. The van der Waals surface area contributed by atoms with Gasteiger partial charge in [0.2, 0.25) is 5.91 Å². The van der Waals surface area contributed by atoms with Gasteiger partial charge in [0.05, 0.1) is 20.6 Å². The predicted octanol–water partition coefficient (Wildman–Crippen LogP) is 3.07. The second-order valence-corrected chi connectivity index (χ2v) is 5.49. The molecule has 0 heterocycles. The molecule has 0 atom stereocenters. The first kappa shape index (κ1) is 16.3. The Bertz CT molecular complexity index is 531. The summed E-state index contributed by atoms with van der Waals surface area (Å²) in [5, 5.41) is 4.28. The molecule has 1 amide bonds. The van der Waals surface area contributed by atoms with Gasteiger partial charge in [-0.2, -0.15) is 5.10 Å². The van der Waals surface area contributed by atoms with E-state index in [-0.39, 0.29) is 12.3 Å². The molecular weight excluding hydrogens is 280 g/mol. The average molecular weight is 304 g/mol. The number of benzene rings is 1. The SMILES string of the molecule is COc1ccc(CC(=O)NN=C2CCCCCC2)cc1OC. The zero-order chi connectivity index (χ0) is 15.8. The summed E-state index contributed by atoms with van der Waals surface area (Å²) in [6, 6.07) is 5.48. The summed E-state index contributed by atoms with van der Waals surface area (Å²) in [7, 11) is 3.17. The van der Waals surface area contributed by atoms with Crippen LogP contribution in [0.15, 0.2) is 23.3 Å². The Morgan fingerprint density at radius 2 is 1.77 bits per heavy atom. The van der Waals surface area contributed by atoms with Crippen molar-refractivity contribution in [3.05, 3.63) is 23.8 Å². The van der Waals surface area contributed by atoms with Gasteiger partial charge in [-0.3, -0.25) is 4.79 Å². The molecule has 5 nitrogen and oxygen atoms in total. The number of hydrogen-bond acceptors (Lipinski definition) is 4. The van der Waals surface area contributed by atoms with Crippen LogP contribution < -0.4 is 14.9 Å². The van der Waals surface area contributed by atoms with Gasteiger partial charge < -0.3 is 9.47 Å². The molecule has 0 aromatic heterocycles. The number of methoxy groups -OCH3 is 2. The number of hydrogen-bond donors (Lipinski definition) is 1. The van der Waals surface area contributed by atoms with Crippen LogP contribution in [0.5, 0.6) is 11.5 Å². The molecule has 0 saturated heterocycles. The first-order chi connectivity index (χ1) is 10.7. The highest BCUT2D eigenvalue weighted by Crippen LogP contribution is 2.27. The molecule has 22 heavy (non-hydrogen) atoms. The fraction of sp³-hybridized carbons (Fsp3) is 0.529. The lowest BCUT2D eigenvalue weighted by atomic mass is 10.1. The van der Waals surface area contributed by atoms with E-state index in [2.05, 4.69) is 10.5 Å². The number of hydrazone groups is 1. The molecule has 1 aromatic rings. The van der Waals surface area contributed by atoms with E-state index in [0.717, 1.165) is 24.1 Å². The van der Waals surface area contributed by atoms with Gasteiger partial charge in [-0.1, -0.05) is 18.9 Å². The molecule has 5 heteroatoms. The first-order valence-corrected chi connectivity index (χ1v) is 7.78. The van der Waals surface area contributed by atoms with Crippen LogP contribution in [-0.4, -0.2) is 25.8 Å². The Labute approximate surface area is 131 Å². The summed E-state index contributed by atoms with van der Waals surface area (Å²) in [5.74, 6) is 1.18. The fourth-order valence-electron chi connectivity index (χ4n) is 2.61. The monoisotopic (exact) mass is 304 g/mol. The van der Waals surface area contributed by atoms with Crippen molar-refractivity contribution in [1.82, 2.24) is 5.43 Å². The van der Waals surface area contributed by atoms with Crippen molar-refractivity contribution < 1.29 is 14.3 Å². The number of ether oxygens (including phenoxy) is 2. The third kappa shape index (κ3) is 4.76. The molecule has 0 bridgehead atoms. The van der Waals surface area contributed by atoms with Gasteiger partial charge in [0, 0.05) is 5.71 Å². The van der Waals surface area contributed by atoms with E-state index in [9.17, 15) is 4.79 Å². The van der Waals surface area contributed by atoms with Crippen molar-refractivity contribution in [2.24, 2.45) is 5.10 Å². The third-order valence-electron chi connectivity index (χ3n) is 3.83. The van der Waals surface area contributed by atoms with Crippen molar-refractivity contribution in [1.29, 1.82) is 0 Å². The maximum Gasteiger partial charge on any atom is 0.244 e. The number of carbonyl (C=O) groups is 1. The maximum absolute atomic E-state index is 12.0. The van der Waals surface area contributed by atoms with Crippen molar-refractivity contribution in [3.8, 4) is 11.5 Å². The Kier molecular flexibility index (Phi) is 6.25. The number of nitrogens with one attached hydrogen (secondary N) is 1. The van der Waals surface area contributed by atoms with Gasteiger partial charge in [-0.15, -0.1) is 0 Å². The molecular formula is C17H24N2O3. The predicted molar refractivity (Wildman–Crippen MR) is 86.5 cm³/mol. The normalized spacial score (nSPS) is 14.9. The van der Waals surface area contributed by atoms with E-state index in [4.69, 9.17) is 9.47 Å². The highest BCUT2D eigenvalue weighted by atomic mass is 16.5. The van der Waals surface area contributed by atoms with E-state index >= 15 is 0 Å². The molecule has 1 aliphatic rings. The van der Waals surface area contributed by atoms with Gasteiger partial charge in [-0.05, 0) is 43.4 Å². The second kappa shape index (κ2) is 8.41. The highest BCUT2D eigenvalue weighted by molar-refractivity contribution is 5.87. The number of carbonyl (C=O) groups excluding carboxylic acids is 1. The Hall–Kier alpha value is -2.04. The number of rotatable bonds is 5. The van der Waals surface area contributed by atoms with Gasteiger partial charge in [-0.25, -0.2) is 5.43 Å². The standard InChI is InChI=1S/C17H24N2O3/c1-21-15-10-9-13(11-16(15)22-2)12-17(20)19-18-14-7-5-3-4-6-8-14/h9-11H,3-8,12H2,1-2H3,(H,19,20). The lowest BCUT2D eigenvalue weighted by molar-refractivity contribution is -0.120. The van der Waals surface area contributed by atoms with Gasteiger partial charge >= 0.3 is 0 Å². The summed E-state index contributed by atoms with van der Waals surface area (Å²) in [6.07, 6.45) is 7.14. The molecule has 0 spiro atoms. The largest absolute Gasteiger partial charge is 0.493 e. The van der Waals surface area contributed by atoms with Crippen LogP contribution in [0.1, 0.15) is 44.1 Å². The van der Waals surface area contributed by atoms with E-state index in [1.165, 1.54) is 25.7 Å². The Morgan fingerprint density at radius 1 is 1.09 bits per heavy atom. The van der Waals surface area contributed by atoms with E-state index < -0.39 is 0 Å². The molecule has 1 N–H and O–H groups in total. The maximum atomic E-state index is 12.0. The minimum atomic E-state index is -0.107.